The number of rotatable bonds is 5. The van der Waals surface area contributed by atoms with Crippen LogP contribution in [0.3, 0.4) is 0 Å². The van der Waals surface area contributed by atoms with Crippen LogP contribution in [0.5, 0.6) is 0 Å². The van der Waals surface area contributed by atoms with Crippen LogP contribution in [0, 0.1) is 5.82 Å². The fourth-order valence-electron chi connectivity index (χ4n) is 4.17. The molecule has 0 saturated carbocycles. The molecule has 0 radical (unpaired) electrons. The lowest BCUT2D eigenvalue weighted by atomic mass is 10.1. The zero-order chi connectivity index (χ0) is 23.9. The highest BCUT2D eigenvalue weighted by atomic mass is 19.1. The third kappa shape index (κ3) is 3.69. The molecule has 2 N–H and O–H groups in total. The Morgan fingerprint density at radius 3 is 2.69 bits per heavy atom. The Morgan fingerprint density at radius 1 is 0.943 bits per heavy atom. The molecule has 6 aromatic heterocycles. The maximum Gasteiger partial charge on any atom is 0.161 e. The molecule has 172 valence electrons. The molecule has 0 aliphatic rings. The minimum absolute atomic E-state index is 0.249. The number of aromatic nitrogens is 8. The Morgan fingerprint density at radius 2 is 1.86 bits per heavy atom. The van der Waals surface area contributed by atoms with Crippen LogP contribution >= 0.6 is 0 Å². The van der Waals surface area contributed by atoms with Crippen LogP contribution in [0.15, 0.2) is 61.3 Å². The molecule has 10 heteroatoms. The quantitative estimate of drug-likeness (QED) is 0.392. The van der Waals surface area contributed by atoms with Gasteiger partial charge in [-0.15, -0.1) is 0 Å². The topological polar surface area (TPSA) is 112 Å². The van der Waals surface area contributed by atoms with Crippen molar-refractivity contribution in [1.82, 2.24) is 45.0 Å². The predicted molar refractivity (Wildman–Crippen MR) is 131 cm³/mol. The summed E-state index contributed by atoms with van der Waals surface area (Å²) in [4.78, 5) is 27.4. The lowest BCUT2D eigenvalue weighted by Gasteiger charge is -2.11. The first-order valence-electron chi connectivity index (χ1n) is 11.0. The van der Waals surface area contributed by atoms with E-state index >= 15 is 4.39 Å². The van der Waals surface area contributed by atoms with Gasteiger partial charge in [0, 0.05) is 54.2 Å². The highest BCUT2D eigenvalue weighted by Gasteiger charge is 2.21. The van der Waals surface area contributed by atoms with Crippen molar-refractivity contribution in [2.45, 2.75) is 6.54 Å². The minimum atomic E-state index is -0.444. The molecular weight excluding hydrogens is 445 g/mol. The van der Waals surface area contributed by atoms with Gasteiger partial charge < -0.3 is 9.88 Å². The van der Waals surface area contributed by atoms with E-state index in [1.54, 1.807) is 24.8 Å². The molecule has 0 bridgehead atoms. The molecule has 6 rings (SSSR count). The van der Waals surface area contributed by atoms with Crippen LogP contribution in [0.4, 0.5) is 4.39 Å². The highest BCUT2D eigenvalue weighted by molar-refractivity contribution is 5.96. The molecule has 6 heterocycles. The van der Waals surface area contributed by atoms with E-state index in [4.69, 9.17) is 4.98 Å². The van der Waals surface area contributed by atoms with Gasteiger partial charge in [-0.05, 0) is 43.9 Å². The number of hydrogen-bond donors (Lipinski definition) is 2. The standard InChI is InChI=1S/C25H20FN9/c1-35(2)13-14-9-15(11-27-10-14)17-12-30-23-19(20(17)26)22(33-34-23)25-31-21-16(6-8-29-24(21)32-25)18-5-3-4-7-28-18/h3-12H,13H2,1-2H3,(H,29,31,32)(H,30,33,34). The van der Waals surface area contributed by atoms with E-state index in [9.17, 15) is 0 Å². The molecule has 35 heavy (non-hydrogen) atoms. The number of nitrogens with one attached hydrogen (secondary N) is 2. The zero-order valence-electron chi connectivity index (χ0n) is 19.0. The summed E-state index contributed by atoms with van der Waals surface area (Å²) in [5, 5.41) is 7.40. The van der Waals surface area contributed by atoms with E-state index < -0.39 is 5.82 Å². The lowest BCUT2D eigenvalue weighted by Crippen LogP contribution is -2.10. The van der Waals surface area contributed by atoms with Crippen molar-refractivity contribution >= 4 is 22.2 Å². The number of aromatic amines is 2. The maximum atomic E-state index is 15.9. The summed E-state index contributed by atoms with van der Waals surface area (Å²) in [6.45, 7) is 0.694. The first-order chi connectivity index (χ1) is 17.1. The van der Waals surface area contributed by atoms with E-state index in [0.29, 0.717) is 46.0 Å². The Kier molecular flexibility index (Phi) is 5.00. The van der Waals surface area contributed by atoms with Gasteiger partial charge >= 0.3 is 0 Å². The van der Waals surface area contributed by atoms with Crippen molar-refractivity contribution in [3.8, 4) is 33.9 Å². The lowest BCUT2D eigenvalue weighted by molar-refractivity contribution is 0.402. The number of pyridine rings is 4. The van der Waals surface area contributed by atoms with Crippen molar-refractivity contribution in [1.29, 1.82) is 0 Å². The Bertz CT molecular complexity index is 1670. The van der Waals surface area contributed by atoms with Crippen LogP contribution in [0.1, 0.15) is 5.56 Å². The summed E-state index contributed by atoms with van der Waals surface area (Å²) < 4.78 is 15.9. The second kappa shape index (κ2) is 8.33. The summed E-state index contributed by atoms with van der Waals surface area (Å²) in [7, 11) is 3.94. The predicted octanol–water partition coefficient (Wildman–Crippen LogP) is 4.22. The van der Waals surface area contributed by atoms with Crippen LogP contribution in [0.25, 0.3) is 56.1 Å². The fourth-order valence-corrected chi connectivity index (χ4v) is 4.17. The van der Waals surface area contributed by atoms with E-state index in [1.807, 2.05) is 49.3 Å². The Labute approximate surface area is 199 Å². The third-order valence-electron chi connectivity index (χ3n) is 5.68. The zero-order valence-corrected chi connectivity index (χ0v) is 19.0. The summed E-state index contributed by atoms with van der Waals surface area (Å²) in [6.07, 6.45) is 8.31. The van der Waals surface area contributed by atoms with Gasteiger partial charge in [0.2, 0.25) is 0 Å². The SMILES string of the molecule is CN(C)Cc1cncc(-c2cnc3[nH]nc(-c4nc5c(-c6ccccn6)ccnc5[nH]4)c3c2F)c1. The second-order valence-electron chi connectivity index (χ2n) is 8.46. The van der Waals surface area contributed by atoms with Crippen molar-refractivity contribution in [3.05, 3.63) is 72.7 Å². The molecule has 0 amide bonds. The van der Waals surface area contributed by atoms with Gasteiger partial charge in [0.1, 0.15) is 17.0 Å². The molecule has 9 nitrogen and oxygen atoms in total. The Balaban J connectivity index is 1.49. The highest BCUT2D eigenvalue weighted by Crippen LogP contribution is 2.33. The largest absolute Gasteiger partial charge is 0.321 e. The van der Waals surface area contributed by atoms with Gasteiger partial charge in [-0.25, -0.2) is 19.3 Å². The van der Waals surface area contributed by atoms with Crippen molar-refractivity contribution in [3.63, 3.8) is 0 Å². The molecule has 0 aromatic carbocycles. The van der Waals surface area contributed by atoms with Crippen molar-refractivity contribution in [2.75, 3.05) is 14.1 Å². The van der Waals surface area contributed by atoms with Crippen LogP contribution < -0.4 is 0 Å². The van der Waals surface area contributed by atoms with E-state index in [0.717, 1.165) is 16.8 Å². The van der Waals surface area contributed by atoms with Gasteiger partial charge in [-0.3, -0.25) is 15.1 Å². The van der Waals surface area contributed by atoms with Gasteiger partial charge in [0.05, 0.1) is 11.1 Å². The summed E-state index contributed by atoms with van der Waals surface area (Å²) in [5.41, 5.74) is 5.40. The average molecular weight is 465 g/mol. The molecule has 0 spiro atoms. The number of fused-ring (bicyclic) bond motifs is 2. The molecular formula is C25H20FN9. The summed E-state index contributed by atoms with van der Waals surface area (Å²) in [5.74, 6) is -0.0552. The van der Waals surface area contributed by atoms with Crippen molar-refractivity contribution in [2.24, 2.45) is 0 Å². The number of imidazole rings is 1. The Hall–Kier alpha value is -4.57. The van der Waals surface area contributed by atoms with Gasteiger partial charge in [-0.1, -0.05) is 6.07 Å². The number of nitrogens with zero attached hydrogens (tertiary/aromatic N) is 7. The molecule has 0 fully saturated rings. The molecule has 0 saturated heterocycles. The number of hydrogen-bond acceptors (Lipinski definition) is 7. The van der Waals surface area contributed by atoms with Gasteiger partial charge in [0.15, 0.2) is 17.1 Å². The molecule has 0 aliphatic carbocycles. The fraction of sp³-hybridized carbons (Fsp3) is 0.120. The smallest absolute Gasteiger partial charge is 0.161 e. The molecule has 0 unspecified atom stereocenters. The average Bonchev–Trinajstić information content (AvgIpc) is 3.49. The molecule has 0 atom stereocenters. The normalized spacial score (nSPS) is 11.7. The van der Waals surface area contributed by atoms with Gasteiger partial charge in [0.25, 0.3) is 0 Å². The number of halogens is 1. The molecule has 0 aliphatic heterocycles. The van der Waals surface area contributed by atoms with E-state index in [2.05, 4.69) is 35.1 Å². The third-order valence-corrected chi connectivity index (χ3v) is 5.68. The van der Waals surface area contributed by atoms with Crippen molar-refractivity contribution < 1.29 is 4.39 Å². The first-order valence-corrected chi connectivity index (χ1v) is 11.0. The monoisotopic (exact) mass is 465 g/mol. The first kappa shape index (κ1) is 21.0. The summed E-state index contributed by atoms with van der Waals surface area (Å²) >= 11 is 0. The second-order valence-corrected chi connectivity index (χ2v) is 8.46. The van der Waals surface area contributed by atoms with E-state index in [1.165, 1.54) is 6.20 Å². The molecule has 6 aromatic rings. The van der Waals surface area contributed by atoms with Crippen LogP contribution in [0.2, 0.25) is 0 Å². The van der Waals surface area contributed by atoms with Crippen LogP contribution in [-0.4, -0.2) is 59.1 Å². The summed E-state index contributed by atoms with van der Waals surface area (Å²) in [6, 6.07) is 9.44. The minimum Gasteiger partial charge on any atom is -0.321 e. The number of H-pyrrole nitrogens is 2. The van der Waals surface area contributed by atoms with E-state index in [-0.39, 0.29) is 5.39 Å². The van der Waals surface area contributed by atoms with Crippen LogP contribution in [-0.2, 0) is 6.54 Å². The van der Waals surface area contributed by atoms with Gasteiger partial charge in [-0.2, -0.15) is 5.10 Å². The maximum absolute atomic E-state index is 15.9.